The minimum atomic E-state index is -0.135. The van der Waals surface area contributed by atoms with Gasteiger partial charge in [-0.2, -0.15) is 10.1 Å². The van der Waals surface area contributed by atoms with Crippen molar-refractivity contribution in [1.29, 1.82) is 0 Å². The van der Waals surface area contributed by atoms with Crippen LogP contribution in [0.25, 0.3) is 0 Å². The molecule has 0 spiro atoms. The van der Waals surface area contributed by atoms with Gasteiger partial charge in [0, 0.05) is 25.3 Å². The van der Waals surface area contributed by atoms with Gasteiger partial charge in [-0.1, -0.05) is 31.0 Å². The molecule has 27 heavy (non-hydrogen) atoms. The monoisotopic (exact) mass is 389 g/mol. The second kappa shape index (κ2) is 8.85. The van der Waals surface area contributed by atoms with Crippen molar-refractivity contribution in [3.63, 3.8) is 0 Å². The van der Waals surface area contributed by atoms with Crippen LogP contribution in [0.15, 0.2) is 31.2 Å². The Bertz CT molecular complexity index is 807. The van der Waals surface area contributed by atoms with Crippen molar-refractivity contribution in [2.75, 3.05) is 10.6 Å². The largest absolute Gasteiger partial charge is 0.366 e. The summed E-state index contributed by atoms with van der Waals surface area (Å²) < 4.78 is 1.70. The van der Waals surface area contributed by atoms with E-state index in [-0.39, 0.29) is 18.0 Å². The molecule has 0 bridgehead atoms. The molecule has 1 saturated carbocycles. The Labute approximate surface area is 163 Å². The lowest BCUT2D eigenvalue weighted by Gasteiger charge is -2.22. The molecule has 1 amide bonds. The number of aromatic nitrogens is 4. The smallest absolute Gasteiger partial charge is 0.243 e. The van der Waals surface area contributed by atoms with Crippen LogP contribution in [0.3, 0.4) is 0 Å². The van der Waals surface area contributed by atoms with Crippen molar-refractivity contribution in [1.82, 2.24) is 25.1 Å². The molecule has 2 aromatic heterocycles. The molecule has 2 aromatic rings. The Hall–Kier alpha value is -2.61. The van der Waals surface area contributed by atoms with Crippen LogP contribution in [0.2, 0.25) is 5.02 Å². The number of aryl methyl sites for hydroxylation is 1. The van der Waals surface area contributed by atoms with Gasteiger partial charge in [0.15, 0.2) is 5.82 Å². The van der Waals surface area contributed by atoms with E-state index in [1.807, 2.05) is 13.2 Å². The topological polar surface area (TPSA) is 96.8 Å². The molecule has 3 rings (SSSR count). The quantitative estimate of drug-likeness (QED) is 0.519. The molecule has 1 aliphatic rings. The van der Waals surface area contributed by atoms with E-state index >= 15 is 0 Å². The van der Waals surface area contributed by atoms with Gasteiger partial charge in [0.1, 0.15) is 5.02 Å². The van der Waals surface area contributed by atoms with Crippen molar-refractivity contribution in [3.05, 3.63) is 36.3 Å². The molecule has 8 nitrogen and oxygen atoms in total. The Kier molecular flexibility index (Phi) is 6.28. The number of nitrogens with zero attached hydrogens (tertiary/aromatic N) is 4. The van der Waals surface area contributed by atoms with E-state index in [1.165, 1.54) is 6.08 Å². The minimum Gasteiger partial charge on any atom is -0.366 e. The standard InChI is InChI=1S/C18H24ClN7O/c1-3-16(27)22-12-6-4-5-7-13(8-12)23-17-15(19)10-20-18(25-17)24-14-9-21-26(2)11-14/h3,9-13H,1,4-8H2,2H3,(H,22,27)(H2,20,23,24,25)/t12-,13-/m0/s1. The maximum Gasteiger partial charge on any atom is 0.243 e. The van der Waals surface area contributed by atoms with E-state index < -0.39 is 0 Å². The third-order valence-electron chi connectivity index (χ3n) is 4.50. The van der Waals surface area contributed by atoms with E-state index in [9.17, 15) is 4.79 Å². The van der Waals surface area contributed by atoms with E-state index in [0.717, 1.165) is 37.8 Å². The fraction of sp³-hybridized carbons (Fsp3) is 0.444. The molecule has 0 aromatic carbocycles. The predicted octanol–water partition coefficient (Wildman–Crippen LogP) is 3.02. The fourth-order valence-corrected chi connectivity index (χ4v) is 3.37. The highest BCUT2D eigenvalue weighted by atomic mass is 35.5. The number of rotatable bonds is 6. The average Bonchev–Trinajstić information content (AvgIpc) is 2.92. The van der Waals surface area contributed by atoms with Crippen LogP contribution in [0, 0.1) is 0 Å². The molecule has 1 aliphatic carbocycles. The Morgan fingerprint density at radius 1 is 1.33 bits per heavy atom. The lowest BCUT2D eigenvalue weighted by atomic mass is 10.1. The van der Waals surface area contributed by atoms with Crippen LogP contribution >= 0.6 is 11.6 Å². The molecule has 9 heteroatoms. The molecule has 0 aliphatic heterocycles. The number of carbonyl (C=O) groups excluding carboxylic acids is 1. The first kappa shape index (κ1) is 19.2. The summed E-state index contributed by atoms with van der Waals surface area (Å²) in [5.74, 6) is 0.891. The van der Waals surface area contributed by atoms with Gasteiger partial charge in [-0.3, -0.25) is 9.48 Å². The first-order valence-corrected chi connectivity index (χ1v) is 9.39. The zero-order valence-corrected chi connectivity index (χ0v) is 16.0. The molecule has 144 valence electrons. The zero-order chi connectivity index (χ0) is 19.2. The summed E-state index contributed by atoms with van der Waals surface area (Å²) in [5.41, 5.74) is 0.799. The third kappa shape index (κ3) is 5.43. The normalized spacial score (nSPS) is 19.8. The predicted molar refractivity (Wildman–Crippen MR) is 106 cm³/mol. The highest BCUT2D eigenvalue weighted by Crippen LogP contribution is 2.26. The summed E-state index contributed by atoms with van der Waals surface area (Å²) in [4.78, 5) is 20.3. The molecular formula is C18H24ClN7O. The lowest BCUT2D eigenvalue weighted by molar-refractivity contribution is -0.117. The summed E-state index contributed by atoms with van der Waals surface area (Å²) in [5, 5.41) is 14.1. The summed E-state index contributed by atoms with van der Waals surface area (Å²) in [6.07, 6.45) is 11.3. The van der Waals surface area contributed by atoms with Gasteiger partial charge in [-0.15, -0.1) is 0 Å². The summed E-state index contributed by atoms with van der Waals surface area (Å²) in [7, 11) is 1.84. The summed E-state index contributed by atoms with van der Waals surface area (Å²) in [6.45, 7) is 3.52. The number of nitrogens with one attached hydrogen (secondary N) is 3. The Morgan fingerprint density at radius 2 is 2.11 bits per heavy atom. The van der Waals surface area contributed by atoms with E-state index in [0.29, 0.717) is 16.8 Å². The molecule has 2 atom stereocenters. The number of hydrogen-bond donors (Lipinski definition) is 3. The first-order valence-electron chi connectivity index (χ1n) is 9.01. The van der Waals surface area contributed by atoms with Crippen LogP contribution in [0.5, 0.6) is 0 Å². The SMILES string of the molecule is C=CC(=O)N[C@H]1CCCC[C@H](Nc2nc(Nc3cnn(C)c3)ncc2Cl)C1. The van der Waals surface area contributed by atoms with E-state index in [1.54, 1.807) is 17.1 Å². The maximum atomic E-state index is 11.6. The number of anilines is 3. The number of amides is 1. The van der Waals surface area contributed by atoms with Crippen molar-refractivity contribution >= 4 is 35.0 Å². The van der Waals surface area contributed by atoms with Gasteiger partial charge in [-0.05, 0) is 25.3 Å². The minimum absolute atomic E-state index is 0.115. The van der Waals surface area contributed by atoms with Gasteiger partial charge in [-0.25, -0.2) is 4.98 Å². The van der Waals surface area contributed by atoms with Gasteiger partial charge in [0.25, 0.3) is 0 Å². The van der Waals surface area contributed by atoms with Crippen LogP contribution in [-0.2, 0) is 11.8 Å². The number of carbonyl (C=O) groups is 1. The van der Waals surface area contributed by atoms with Crippen molar-refractivity contribution in [3.8, 4) is 0 Å². The Morgan fingerprint density at radius 3 is 2.81 bits per heavy atom. The van der Waals surface area contributed by atoms with Crippen LogP contribution in [0.1, 0.15) is 32.1 Å². The molecule has 0 radical (unpaired) electrons. The Balaban J connectivity index is 1.68. The highest BCUT2D eigenvalue weighted by Gasteiger charge is 2.22. The van der Waals surface area contributed by atoms with Crippen LogP contribution in [0.4, 0.5) is 17.5 Å². The molecule has 3 N–H and O–H groups in total. The average molecular weight is 390 g/mol. The number of halogens is 1. The van der Waals surface area contributed by atoms with E-state index in [4.69, 9.17) is 11.6 Å². The van der Waals surface area contributed by atoms with Gasteiger partial charge in [0.2, 0.25) is 11.9 Å². The van der Waals surface area contributed by atoms with Gasteiger partial charge in [0.05, 0.1) is 18.1 Å². The van der Waals surface area contributed by atoms with Gasteiger partial charge < -0.3 is 16.0 Å². The highest BCUT2D eigenvalue weighted by molar-refractivity contribution is 6.32. The van der Waals surface area contributed by atoms with Gasteiger partial charge >= 0.3 is 0 Å². The second-order valence-electron chi connectivity index (χ2n) is 6.69. The molecule has 2 heterocycles. The van der Waals surface area contributed by atoms with Crippen molar-refractivity contribution < 1.29 is 4.79 Å². The van der Waals surface area contributed by atoms with Crippen molar-refractivity contribution in [2.24, 2.45) is 7.05 Å². The summed E-state index contributed by atoms with van der Waals surface area (Å²) in [6, 6.07) is 0.283. The molecular weight excluding hydrogens is 366 g/mol. The maximum absolute atomic E-state index is 11.6. The van der Waals surface area contributed by atoms with Crippen LogP contribution < -0.4 is 16.0 Å². The molecule has 1 fully saturated rings. The lowest BCUT2D eigenvalue weighted by Crippen LogP contribution is -2.37. The fourth-order valence-electron chi connectivity index (χ4n) is 3.22. The summed E-state index contributed by atoms with van der Waals surface area (Å²) >= 11 is 6.29. The molecule has 0 saturated heterocycles. The van der Waals surface area contributed by atoms with E-state index in [2.05, 4.69) is 37.6 Å². The molecule has 0 unspecified atom stereocenters. The van der Waals surface area contributed by atoms with Crippen molar-refractivity contribution in [2.45, 2.75) is 44.2 Å². The van der Waals surface area contributed by atoms with Crippen LogP contribution in [-0.4, -0.2) is 37.7 Å². The second-order valence-corrected chi connectivity index (χ2v) is 7.10. The first-order chi connectivity index (χ1) is 13.0. The number of hydrogen-bond acceptors (Lipinski definition) is 6. The zero-order valence-electron chi connectivity index (χ0n) is 15.3. The third-order valence-corrected chi connectivity index (χ3v) is 4.78.